The highest BCUT2D eigenvalue weighted by Gasteiger charge is 2.28. The zero-order valence-electron chi connectivity index (χ0n) is 12.7. The van der Waals surface area contributed by atoms with E-state index in [1.54, 1.807) is 18.2 Å². The molecule has 1 aromatic carbocycles. The van der Waals surface area contributed by atoms with Crippen molar-refractivity contribution < 1.29 is 9.21 Å². The van der Waals surface area contributed by atoms with Gasteiger partial charge in [0.25, 0.3) is 0 Å². The molecule has 0 radical (unpaired) electrons. The number of fused-ring (bicyclic) bond motifs is 1. The lowest BCUT2D eigenvalue weighted by Crippen LogP contribution is -2.47. The Bertz CT molecular complexity index is 717. The number of H-pyrrole nitrogens is 1. The third-order valence-electron chi connectivity index (χ3n) is 4.11. The largest absolute Gasteiger partial charge is 0.417 e. The molecule has 0 aliphatic carbocycles. The summed E-state index contributed by atoms with van der Waals surface area (Å²) in [5.74, 6) is -0.460. The van der Waals surface area contributed by atoms with Gasteiger partial charge in [-0.3, -0.25) is 14.7 Å². The van der Waals surface area contributed by atoms with Crippen molar-refractivity contribution in [3.63, 3.8) is 0 Å². The summed E-state index contributed by atoms with van der Waals surface area (Å²) in [5.41, 5.74) is 1.77. The van der Waals surface area contributed by atoms with Crippen molar-refractivity contribution in [2.24, 2.45) is 0 Å². The average Bonchev–Trinajstić information content (AvgIpc) is 2.87. The van der Waals surface area contributed by atoms with Gasteiger partial charge in [-0.05, 0) is 50.6 Å². The lowest BCUT2D eigenvalue weighted by atomic mass is 10.0. The van der Waals surface area contributed by atoms with Crippen molar-refractivity contribution in [1.82, 2.24) is 9.88 Å². The summed E-state index contributed by atoms with van der Waals surface area (Å²) in [7, 11) is 0. The fourth-order valence-electron chi connectivity index (χ4n) is 3.10. The topological polar surface area (TPSA) is 78.3 Å². The lowest BCUT2D eigenvalue weighted by Gasteiger charge is -2.34. The maximum Gasteiger partial charge on any atom is 0.417 e. The number of benzene rings is 1. The molecule has 1 unspecified atom stereocenters. The van der Waals surface area contributed by atoms with Crippen LogP contribution in [0.5, 0.6) is 0 Å². The molecule has 3 rings (SSSR count). The fraction of sp³-hybridized carbons (Fsp3) is 0.500. The maximum absolute atomic E-state index is 12.5. The van der Waals surface area contributed by atoms with Gasteiger partial charge < -0.3 is 9.73 Å². The highest BCUT2D eigenvalue weighted by molar-refractivity contribution is 5.96. The number of anilines is 1. The van der Waals surface area contributed by atoms with E-state index >= 15 is 0 Å². The van der Waals surface area contributed by atoms with Crippen LogP contribution in [0.1, 0.15) is 32.6 Å². The summed E-state index contributed by atoms with van der Waals surface area (Å²) in [6.45, 7) is 4.07. The predicted molar refractivity (Wildman–Crippen MR) is 85.0 cm³/mol. The Labute approximate surface area is 128 Å². The van der Waals surface area contributed by atoms with E-state index in [-0.39, 0.29) is 11.9 Å². The standard InChI is InChI=1S/C16H21N3O3/c1-2-8-19-9-4-3-5-13(19)15(20)17-11-6-7-14-12(10-11)18-16(21)22-14/h6-7,10,13H,2-5,8-9H2,1H3,(H,17,20)(H,18,21). The second-order valence-electron chi connectivity index (χ2n) is 5.76. The smallest absolute Gasteiger partial charge is 0.408 e. The molecule has 22 heavy (non-hydrogen) atoms. The van der Waals surface area contributed by atoms with Gasteiger partial charge >= 0.3 is 5.76 Å². The number of aromatic amines is 1. The van der Waals surface area contributed by atoms with Crippen LogP contribution >= 0.6 is 0 Å². The van der Waals surface area contributed by atoms with E-state index in [1.165, 1.54) is 0 Å². The number of hydrogen-bond acceptors (Lipinski definition) is 4. The molecular weight excluding hydrogens is 282 g/mol. The normalized spacial score (nSPS) is 19.4. The minimum atomic E-state index is -0.486. The van der Waals surface area contributed by atoms with Crippen molar-refractivity contribution in [3.8, 4) is 0 Å². The molecule has 2 aromatic rings. The minimum absolute atomic E-state index is 0.0262. The third kappa shape index (κ3) is 3.06. The van der Waals surface area contributed by atoms with Crippen LogP contribution in [0.3, 0.4) is 0 Å². The van der Waals surface area contributed by atoms with Gasteiger partial charge in [0, 0.05) is 5.69 Å². The Hall–Kier alpha value is -2.08. The Balaban J connectivity index is 1.74. The van der Waals surface area contributed by atoms with Crippen LogP contribution in [0.4, 0.5) is 5.69 Å². The lowest BCUT2D eigenvalue weighted by molar-refractivity contribution is -0.122. The number of carbonyl (C=O) groups excluding carboxylic acids is 1. The van der Waals surface area contributed by atoms with Crippen molar-refractivity contribution >= 4 is 22.7 Å². The summed E-state index contributed by atoms with van der Waals surface area (Å²) in [5, 5.41) is 2.96. The summed E-state index contributed by atoms with van der Waals surface area (Å²) in [4.78, 5) is 28.6. The summed E-state index contributed by atoms with van der Waals surface area (Å²) < 4.78 is 4.96. The molecule has 0 spiro atoms. The van der Waals surface area contributed by atoms with E-state index in [1.807, 2.05) is 0 Å². The van der Waals surface area contributed by atoms with Crippen LogP contribution in [0, 0.1) is 0 Å². The van der Waals surface area contributed by atoms with Crippen molar-refractivity contribution in [2.45, 2.75) is 38.6 Å². The first-order valence-electron chi connectivity index (χ1n) is 7.85. The Morgan fingerprint density at radius 2 is 2.32 bits per heavy atom. The first-order chi connectivity index (χ1) is 10.7. The molecule has 2 heterocycles. The molecule has 1 saturated heterocycles. The molecule has 6 nitrogen and oxygen atoms in total. The van der Waals surface area contributed by atoms with Gasteiger partial charge in [0.15, 0.2) is 5.58 Å². The number of carbonyl (C=O) groups is 1. The third-order valence-corrected chi connectivity index (χ3v) is 4.11. The number of nitrogens with one attached hydrogen (secondary N) is 2. The van der Waals surface area contributed by atoms with Gasteiger partial charge in [-0.2, -0.15) is 0 Å². The molecule has 1 fully saturated rings. The van der Waals surface area contributed by atoms with Crippen LogP contribution in [0.15, 0.2) is 27.4 Å². The highest BCUT2D eigenvalue weighted by atomic mass is 16.4. The summed E-state index contributed by atoms with van der Waals surface area (Å²) in [6, 6.07) is 5.11. The van der Waals surface area contributed by atoms with Gasteiger partial charge in [-0.1, -0.05) is 13.3 Å². The Morgan fingerprint density at radius 1 is 1.45 bits per heavy atom. The zero-order valence-corrected chi connectivity index (χ0v) is 12.7. The molecule has 1 amide bonds. The fourth-order valence-corrected chi connectivity index (χ4v) is 3.10. The van der Waals surface area contributed by atoms with E-state index in [9.17, 15) is 9.59 Å². The Kier molecular flexibility index (Phi) is 4.29. The summed E-state index contributed by atoms with van der Waals surface area (Å²) in [6.07, 6.45) is 4.20. The molecule has 1 aliphatic heterocycles. The van der Waals surface area contributed by atoms with E-state index in [0.717, 1.165) is 38.8 Å². The highest BCUT2D eigenvalue weighted by Crippen LogP contribution is 2.21. The van der Waals surface area contributed by atoms with Gasteiger partial charge in [0.1, 0.15) is 0 Å². The SMILES string of the molecule is CCCN1CCCCC1C(=O)Nc1ccc2oc(=O)[nH]c2c1. The number of nitrogens with zero attached hydrogens (tertiary/aromatic N) is 1. The first kappa shape index (κ1) is 14.8. The average molecular weight is 303 g/mol. The van der Waals surface area contributed by atoms with Gasteiger partial charge in [0.05, 0.1) is 11.6 Å². The molecule has 1 aliphatic rings. The number of aromatic nitrogens is 1. The number of piperidine rings is 1. The van der Waals surface area contributed by atoms with Crippen LogP contribution in [-0.2, 0) is 4.79 Å². The number of oxazole rings is 1. The van der Waals surface area contributed by atoms with Gasteiger partial charge in [-0.25, -0.2) is 4.79 Å². The molecule has 0 bridgehead atoms. The minimum Gasteiger partial charge on any atom is -0.408 e. The first-order valence-corrected chi connectivity index (χ1v) is 7.85. The number of rotatable bonds is 4. The van der Waals surface area contributed by atoms with Crippen LogP contribution in [0.25, 0.3) is 11.1 Å². The monoisotopic (exact) mass is 303 g/mol. The molecule has 0 saturated carbocycles. The molecule has 1 atom stereocenters. The van der Waals surface area contributed by atoms with E-state index in [4.69, 9.17) is 4.42 Å². The molecular formula is C16H21N3O3. The second kappa shape index (κ2) is 6.36. The van der Waals surface area contributed by atoms with Crippen LogP contribution < -0.4 is 11.1 Å². The van der Waals surface area contributed by atoms with Crippen molar-refractivity contribution in [3.05, 3.63) is 28.7 Å². The summed E-state index contributed by atoms with van der Waals surface area (Å²) >= 11 is 0. The van der Waals surface area contributed by atoms with Crippen molar-refractivity contribution in [2.75, 3.05) is 18.4 Å². The van der Waals surface area contributed by atoms with E-state index in [2.05, 4.69) is 22.1 Å². The van der Waals surface area contributed by atoms with Crippen LogP contribution in [-0.4, -0.2) is 34.9 Å². The molecule has 118 valence electrons. The number of likely N-dealkylation sites (tertiary alicyclic amines) is 1. The molecule has 6 heteroatoms. The van der Waals surface area contributed by atoms with Gasteiger partial charge in [-0.15, -0.1) is 0 Å². The molecule has 2 N–H and O–H groups in total. The maximum atomic E-state index is 12.5. The van der Waals surface area contributed by atoms with Crippen molar-refractivity contribution in [1.29, 1.82) is 0 Å². The zero-order chi connectivity index (χ0) is 15.5. The Morgan fingerprint density at radius 3 is 3.14 bits per heavy atom. The second-order valence-corrected chi connectivity index (χ2v) is 5.76. The number of amides is 1. The van der Waals surface area contributed by atoms with Crippen LogP contribution in [0.2, 0.25) is 0 Å². The predicted octanol–water partition coefficient (Wildman–Crippen LogP) is 2.32. The quantitative estimate of drug-likeness (QED) is 0.908. The van der Waals surface area contributed by atoms with Gasteiger partial charge in [0.2, 0.25) is 5.91 Å². The van der Waals surface area contributed by atoms with E-state index < -0.39 is 5.76 Å². The molecule has 1 aromatic heterocycles. The van der Waals surface area contributed by atoms with E-state index in [0.29, 0.717) is 16.8 Å². The number of hydrogen-bond donors (Lipinski definition) is 2.